The van der Waals surface area contributed by atoms with Crippen molar-refractivity contribution in [2.45, 2.75) is 30.5 Å². The SMILES string of the molecule is COC(=O)c1ccc(Nc2nc(N)nn2C(=O)NCc2ccccc2S(=O)(=O)C(C)C)c(OC)c1. The molecule has 1 aromatic heterocycles. The van der Waals surface area contributed by atoms with Gasteiger partial charge in [-0.1, -0.05) is 18.2 Å². The number of nitrogens with two attached hydrogens (primary N) is 1. The molecule has 0 atom stereocenters. The fraction of sp³-hybridized carbons (Fsp3) is 0.273. The van der Waals surface area contributed by atoms with E-state index in [1.54, 1.807) is 38.1 Å². The molecule has 0 saturated carbocycles. The second-order valence-electron chi connectivity index (χ2n) is 7.60. The minimum Gasteiger partial charge on any atom is -0.495 e. The topological polar surface area (TPSA) is 168 Å². The Hall–Kier alpha value is -4.13. The number of carbonyl (C=O) groups is 2. The van der Waals surface area contributed by atoms with E-state index in [1.807, 2.05) is 0 Å². The lowest BCUT2D eigenvalue weighted by atomic mass is 10.2. The number of nitrogens with one attached hydrogen (secondary N) is 2. The minimum atomic E-state index is -3.55. The van der Waals surface area contributed by atoms with Crippen LogP contribution in [0.5, 0.6) is 5.75 Å². The first-order valence-corrected chi connectivity index (χ1v) is 12.0. The van der Waals surface area contributed by atoms with Crippen LogP contribution < -0.4 is 21.1 Å². The summed E-state index contributed by atoms with van der Waals surface area (Å²) in [6, 6.07) is 10.3. The summed E-state index contributed by atoms with van der Waals surface area (Å²) in [6.07, 6.45) is 0. The average molecular weight is 503 g/mol. The molecule has 0 aliphatic rings. The fourth-order valence-corrected chi connectivity index (χ4v) is 4.42. The summed E-state index contributed by atoms with van der Waals surface area (Å²) < 4.78 is 36.3. The molecule has 0 radical (unpaired) electrons. The first kappa shape index (κ1) is 25.5. The summed E-state index contributed by atoms with van der Waals surface area (Å²) in [4.78, 5) is 28.8. The number of carbonyl (C=O) groups excluding carboxylic acids is 2. The zero-order chi connectivity index (χ0) is 25.8. The van der Waals surface area contributed by atoms with Gasteiger partial charge in [-0.3, -0.25) is 0 Å². The predicted molar refractivity (Wildman–Crippen MR) is 128 cm³/mol. The Balaban J connectivity index is 1.84. The highest BCUT2D eigenvalue weighted by Crippen LogP contribution is 2.29. The van der Waals surface area contributed by atoms with Crippen molar-refractivity contribution in [2.75, 3.05) is 25.3 Å². The van der Waals surface area contributed by atoms with Crippen molar-refractivity contribution in [2.24, 2.45) is 0 Å². The minimum absolute atomic E-state index is 0.0211. The number of hydrogen-bond acceptors (Lipinski definition) is 10. The number of amides is 1. The number of benzene rings is 2. The molecule has 0 bridgehead atoms. The van der Waals surface area contributed by atoms with Crippen molar-refractivity contribution >= 4 is 39.4 Å². The third-order valence-electron chi connectivity index (χ3n) is 5.01. The summed E-state index contributed by atoms with van der Waals surface area (Å²) in [6.45, 7) is 3.11. The molecule has 1 heterocycles. The standard InChI is InChI=1S/C22H26N6O6S/c1-13(2)35(31,32)18-8-6-5-7-15(18)12-24-22(30)28-21(26-20(23)27-28)25-16-10-9-14(19(29)34-4)11-17(16)33-3/h5-11,13H,12H2,1-4H3,(H,24,30)(H3,23,25,26,27). The van der Waals surface area contributed by atoms with Crippen LogP contribution >= 0.6 is 0 Å². The first-order chi connectivity index (χ1) is 16.6. The second-order valence-corrected chi connectivity index (χ2v) is 10.1. The van der Waals surface area contributed by atoms with Gasteiger partial charge in [-0.15, -0.1) is 9.78 Å². The number of rotatable bonds is 8. The van der Waals surface area contributed by atoms with Crippen molar-refractivity contribution in [1.29, 1.82) is 0 Å². The molecule has 12 nitrogen and oxygen atoms in total. The van der Waals surface area contributed by atoms with Gasteiger partial charge >= 0.3 is 12.0 Å². The molecule has 0 fully saturated rings. The number of anilines is 3. The molecule has 0 saturated heterocycles. The molecule has 13 heteroatoms. The van der Waals surface area contributed by atoms with Gasteiger partial charge in [0.05, 0.1) is 35.6 Å². The van der Waals surface area contributed by atoms with E-state index < -0.39 is 27.1 Å². The van der Waals surface area contributed by atoms with Gasteiger partial charge in [0, 0.05) is 6.54 Å². The van der Waals surface area contributed by atoms with Crippen LogP contribution in [-0.2, 0) is 21.1 Å². The molecule has 0 aliphatic carbocycles. The van der Waals surface area contributed by atoms with Crippen molar-refractivity contribution in [3.63, 3.8) is 0 Å². The molecule has 0 spiro atoms. The molecule has 0 aliphatic heterocycles. The van der Waals surface area contributed by atoms with E-state index in [1.165, 1.54) is 32.4 Å². The van der Waals surface area contributed by atoms with Gasteiger partial charge in [0.15, 0.2) is 9.84 Å². The Labute approximate surface area is 202 Å². The third-order valence-corrected chi connectivity index (χ3v) is 7.27. The van der Waals surface area contributed by atoms with Crippen LogP contribution in [0.15, 0.2) is 47.4 Å². The van der Waals surface area contributed by atoms with Crippen LogP contribution in [0.4, 0.5) is 22.4 Å². The van der Waals surface area contributed by atoms with E-state index in [4.69, 9.17) is 15.2 Å². The van der Waals surface area contributed by atoms with Gasteiger partial charge in [0.25, 0.3) is 0 Å². The first-order valence-electron chi connectivity index (χ1n) is 10.4. The second kappa shape index (κ2) is 10.4. The number of esters is 1. The Kier molecular flexibility index (Phi) is 7.59. The molecule has 4 N–H and O–H groups in total. The molecule has 1 amide bonds. The van der Waals surface area contributed by atoms with Crippen molar-refractivity contribution in [1.82, 2.24) is 20.1 Å². The monoisotopic (exact) mass is 502 g/mol. The van der Waals surface area contributed by atoms with Crippen LogP contribution in [0.25, 0.3) is 0 Å². The van der Waals surface area contributed by atoms with E-state index >= 15 is 0 Å². The van der Waals surface area contributed by atoms with Crippen molar-refractivity contribution in [3.05, 3.63) is 53.6 Å². The fourth-order valence-electron chi connectivity index (χ4n) is 3.14. The summed E-state index contributed by atoms with van der Waals surface area (Å²) in [5.74, 6) is -0.446. The van der Waals surface area contributed by atoms with Crippen molar-refractivity contribution < 1.29 is 27.5 Å². The maximum Gasteiger partial charge on any atom is 0.345 e. The molecule has 3 rings (SSSR count). The highest BCUT2D eigenvalue weighted by molar-refractivity contribution is 7.92. The van der Waals surface area contributed by atoms with Gasteiger partial charge in [-0.05, 0) is 43.7 Å². The third kappa shape index (κ3) is 5.51. The zero-order valence-electron chi connectivity index (χ0n) is 19.6. The Morgan fingerprint density at radius 1 is 1.14 bits per heavy atom. The molecular formula is C22H26N6O6S. The molecule has 3 aromatic rings. The number of nitrogen functional groups attached to an aromatic ring is 1. The Morgan fingerprint density at radius 3 is 2.51 bits per heavy atom. The van der Waals surface area contributed by atoms with Gasteiger partial charge in [0.2, 0.25) is 11.9 Å². The highest BCUT2D eigenvalue weighted by Gasteiger charge is 2.23. The summed E-state index contributed by atoms with van der Waals surface area (Å²) >= 11 is 0. The van der Waals surface area contributed by atoms with E-state index in [2.05, 4.69) is 20.7 Å². The largest absolute Gasteiger partial charge is 0.495 e. The highest BCUT2D eigenvalue weighted by atomic mass is 32.2. The van der Waals surface area contributed by atoms with Crippen LogP contribution in [-0.4, -0.2) is 54.7 Å². The summed E-state index contributed by atoms with van der Waals surface area (Å²) in [7, 11) is -0.871. The number of hydrogen-bond donors (Lipinski definition) is 3. The number of aromatic nitrogens is 3. The van der Waals surface area contributed by atoms with Gasteiger partial charge in [-0.25, -0.2) is 18.0 Å². The summed E-state index contributed by atoms with van der Waals surface area (Å²) in [5.41, 5.74) is 6.79. The lowest BCUT2D eigenvalue weighted by Crippen LogP contribution is -2.30. The smallest absolute Gasteiger partial charge is 0.345 e. The summed E-state index contributed by atoms with van der Waals surface area (Å²) in [5, 5.41) is 8.83. The molecule has 35 heavy (non-hydrogen) atoms. The normalized spacial score (nSPS) is 11.2. The van der Waals surface area contributed by atoms with E-state index in [-0.39, 0.29) is 34.6 Å². The molecule has 0 unspecified atom stereocenters. The Morgan fingerprint density at radius 2 is 1.86 bits per heavy atom. The lowest BCUT2D eigenvalue weighted by Gasteiger charge is -2.14. The number of ether oxygens (including phenoxy) is 2. The van der Waals surface area contributed by atoms with Gasteiger partial charge in [0.1, 0.15) is 5.75 Å². The molecule has 2 aromatic carbocycles. The van der Waals surface area contributed by atoms with Gasteiger partial charge < -0.3 is 25.8 Å². The molecular weight excluding hydrogens is 476 g/mol. The zero-order valence-corrected chi connectivity index (χ0v) is 20.4. The number of methoxy groups -OCH3 is 2. The average Bonchev–Trinajstić information content (AvgIpc) is 3.22. The number of sulfone groups is 1. The lowest BCUT2D eigenvalue weighted by molar-refractivity contribution is 0.0600. The van der Waals surface area contributed by atoms with E-state index in [0.29, 0.717) is 11.3 Å². The quantitative estimate of drug-likeness (QED) is 0.389. The maximum absolute atomic E-state index is 12.9. The van der Waals surface area contributed by atoms with Crippen LogP contribution in [0, 0.1) is 0 Å². The van der Waals surface area contributed by atoms with Crippen molar-refractivity contribution in [3.8, 4) is 5.75 Å². The van der Waals surface area contributed by atoms with E-state index in [9.17, 15) is 18.0 Å². The van der Waals surface area contributed by atoms with E-state index in [0.717, 1.165) is 4.68 Å². The van der Waals surface area contributed by atoms with Crippen LogP contribution in [0.2, 0.25) is 0 Å². The predicted octanol–water partition coefficient (Wildman–Crippen LogP) is 2.34. The Bertz CT molecular complexity index is 1350. The number of nitrogens with zero attached hydrogens (tertiary/aromatic N) is 3. The van der Waals surface area contributed by atoms with Gasteiger partial charge in [-0.2, -0.15) is 4.98 Å². The van der Waals surface area contributed by atoms with Crippen LogP contribution in [0.3, 0.4) is 0 Å². The maximum atomic E-state index is 12.9. The molecule has 186 valence electrons. The van der Waals surface area contributed by atoms with Crippen LogP contribution in [0.1, 0.15) is 29.8 Å².